The molecule has 3 aromatic rings. The van der Waals surface area contributed by atoms with E-state index in [0.717, 1.165) is 35.2 Å². The van der Waals surface area contributed by atoms with Crippen LogP contribution in [0.4, 0.5) is 0 Å². The minimum absolute atomic E-state index is 0.158. The Kier molecular flexibility index (Phi) is 6.93. The average molecular weight is 454 g/mol. The number of hydrogen-bond donors (Lipinski definition) is 1. The third-order valence-corrected chi connectivity index (χ3v) is 7.23. The summed E-state index contributed by atoms with van der Waals surface area (Å²) in [6.45, 7) is 8.97. The van der Waals surface area contributed by atoms with Crippen molar-refractivity contribution >= 4 is 8.07 Å². The zero-order valence-corrected chi connectivity index (χ0v) is 20.0. The van der Waals surface area contributed by atoms with Gasteiger partial charge in [0.2, 0.25) is 5.88 Å². The molecule has 3 heterocycles. The fourth-order valence-corrected chi connectivity index (χ4v) is 4.40. The van der Waals surface area contributed by atoms with Gasteiger partial charge in [0.05, 0.1) is 12.3 Å². The topological polar surface area (TPSA) is 78.6 Å². The number of aromatic nitrogens is 3. The first kappa shape index (κ1) is 22.5. The molecule has 0 radical (unpaired) electrons. The van der Waals surface area contributed by atoms with Gasteiger partial charge in [-0.15, -0.1) is 0 Å². The predicted molar refractivity (Wildman–Crippen MR) is 126 cm³/mol. The normalized spacial score (nSPS) is 15.4. The summed E-state index contributed by atoms with van der Waals surface area (Å²) in [6, 6.07) is 12.7. The second-order valence-corrected chi connectivity index (χ2v) is 14.9. The molecule has 0 fully saturated rings. The predicted octanol–water partition coefficient (Wildman–Crippen LogP) is 4.91. The van der Waals surface area contributed by atoms with Crippen LogP contribution >= 0.6 is 0 Å². The van der Waals surface area contributed by atoms with Gasteiger partial charge in [-0.3, -0.25) is 0 Å². The zero-order valence-electron chi connectivity index (χ0n) is 19.0. The highest BCUT2D eigenvalue weighted by atomic mass is 28.3. The Labute approximate surface area is 190 Å². The summed E-state index contributed by atoms with van der Waals surface area (Å²) in [4.78, 5) is 4.47. The molecule has 0 saturated heterocycles. The molecule has 8 heteroatoms. The molecule has 0 bridgehead atoms. The summed E-state index contributed by atoms with van der Waals surface area (Å²) in [5, 5.41) is 13.6. The van der Waals surface area contributed by atoms with Crippen molar-refractivity contribution in [2.75, 3.05) is 19.8 Å². The van der Waals surface area contributed by atoms with Gasteiger partial charge in [-0.05, 0) is 30.7 Å². The van der Waals surface area contributed by atoms with Crippen molar-refractivity contribution in [3.05, 3.63) is 54.4 Å². The third kappa shape index (κ3) is 5.56. The van der Waals surface area contributed by atoms with E-state index in [9.17, 15) is 5.11 Å². The number of rotatable bonds is 10. The summed E-state index contributed by atoms with van der Waals surface area (Å²) < 4.78 is 19.4. The van der Waals surface area contributed by atoms with Crippen molar-refractivity contribution in [3.63, 3.8) is 0 Å². The quantitative estimate of drug-likeness (QED) is 0.347. The highest BCUT2D eigenvalue weighted by Gasteiger charge is 2.24. The summed E-state index contributed by atoms with van der Waals surface area (Å²) >= 11 is 0. The van der Waals surface area contributed by atoms with Crippen LogP contribution in [0.25, 0.3) is 11.3 Å². The fourth-order valence-electron chi connectivity index (χ4n) is 3.64. The second-order valence-electron chi connectivity index (χ2n) is 9.27. The van der Waals surface area contributed by atoms with Crippen molar-refractivity contribution in [3.8, 4) is 28.6 Å². The highest BCUT2D eigenvalue weighted by Crippen LogP contribution is 2.39. The molecule has 1 N–H and O–H groups in total. The van der Waals surface area contributed by atoms with E-state index in [2.05, 4.69) is 29.7 Å². The number of aliphatic hydroxyl groups is 1. The van der Waals surface area contributed by atoms with E-state index >= 15 is 0 Å². The molecule has 170 valence electrons. The van der Waals surface area contributed by atoms with Crippen LogP contribution in [-0.2, 0) is 11.5 Å². The highest BCUT2D eigenvalue weighted by molar-refractivity contribution is 6.76. The first-order valence-corrected chi connectivity index (χ1v) is 14.7. The first-order valence-electron chi connectivity index (χ1n) is 11.0. The standard InChI is InChI=1S/C24H31N3O4Si/c1-32(2,3)13-12-29-17-27-22(8-10-26-27)18-4-7-24(25-15-18)31-20-5-6-21-19(9-11-28)16-30-23(21)14-20/h4-8,10,14-15,19,28H,9,11-13,16-17H2,1-3H3. The molecular weight excluding hydrogens is 422 g/mol. The van der Waals surface area contributed by atoms with E-state index in [1.807, 2.05) is 41.1 Å². The lowest BCUT2D eigenvalue weighted by Gasteiger charge is -2.16. The molecule has 1 atom stereocenters. The maximum Gasteiger partial charge on any atom is 0.219 e. The van der Waals surface area contributed by atoms with Crippen LogP contribution in [0.15, 0.2) is 48.8 Å². The van der Waals surface area contributed by atoms with Crippen LogP contribution in [0.5, 0.6) is 17.4 Å². The number of fused-ring (bicyclic) bond motifs is 1. The lowest BCUT2D eigenvalue weighted by atomic mass is 9.98. The SMILES string of the molecule is C[Si](C)(C)CCOCn1nccc1-c1ccc(Oc2ccc3c(c2)OCC3CCO)nc1. The lowest BCUT2D eigenvalue weighted by Crippen LogP contribution is -2.22. The third-order valence-electron chi connectivity index (χ3n) is 5.52. The van der Waals surface area contributed by atoms with Gasteiger partial charge in [-0.1, -0.05) is 25.7 Å². The molecule has 1 aliphatic rings. The Hall–Kier alpha value is -2.68. The van der Waals surface area contributed by atoms with Crippen molar-refractivity contribution < 1.29 is 19.3 Å². The Balaban J connectivity index is 1.38. The smallest absolute Gasteiger partial charge is 0.219 e. The zero-order chi connectivity index (χ0) is 22.6. The number of benzene rings is 1. The molecule has 7 nitrogen and oxygen atoms in total. The molecule has 0 amide bonds. The van der Waals surface area contributed by atoms with Crippen molar-refractivity contribution in [1.29, 1.82) is 0 Å². The van der Waals surface area contributed by atoms with Gasteiger partial charge in [0.25, 0.3) is 0 Å². The van der Waals surface area contributed by atoms with E-state index in [1.165, 1.54) is 0 Å². The van der Waals surface area contributed by atoms with E-state index < -0.39 is 8.07 Å². The fraction of sp³-hybridized carbons (Fsp3) is 0.417. The summed E-state index contributed by atoms with van der Waals surface area (Å²) in [6.07, 6.45) is 4.26. The Bertz CT molecular complexity index is 1030. The molecule has 2 aromatic heterocycles. The van der Waals surface area contributed by atoms with Gasteiger partial charge in [-0.25, -0.2) is 9.67 Å². The van der Waals surface area contributed by atoms with Gasteiger partial charge in [0, 0.05) is 62.9 Å². The minimum atomic E-state index is -1.11. The largest absolute Gasteiger partial charge is 0.493 e. The van der Waals surface area contributed by atoms with Gasteiger partial charge < -0.3 is 19.3 Å². The number of nitrogens with zero attached hydrogens (tertiary/aromatic N) is 3. The average Bonchev–Trinajstić information content (AvgIpc) is 3.38. The summed E-state index contributed by atoms with van der Waals surface area (Å²) in [7, 11) is -1.11. The van der Waals surface area contributed by atoms with Gasteiger partial charge >= 0.3 is 0 Å². The number of hydrogen-bond acceptors (Lipinski definition) is 6. The lowest BCUT2D eigenvalue weighted by molar-refractivity contribution is 0.0798. The number of pyridine rings is 1. The minimum Gasteiger partial charge on any atom is -0.493 e. The van der Waals surface area contributed by atoms with Crippen molar-refractivity contribution in [2.24, 2.45) is 0 Å². The molecule has 0 aliphatic carbocycles. The molecule has 0 spiro atoms. The van der Waals surface area contributed by atoms with E-state index in [0.29, 0.717) is 31.4 Å². The van der Waals surface area contributed by atoms with Crippen LogP contribution in [0, 0.1) is 0 Å². The Morgan fingerprint density at radius 1 is 1.19 bits per heavy atom. The Morgan fingerprint density at radius 2 is 2.06 bits per heavy atom. The van der Waals surface area contributed by atoms with Crippen LogP contribution in [0.1, 0.15) is 17.9 Å². The molecule has 0 saturated carbocycles. The molecule has 1 aliphatic heterocycles. The molecule has 1 unspecified atom stereocenters. The van der Waals surface area contributed by atoms with Gasteiger partial charge in [0.15, 0.2) is 0 Å². The Morgan fingerprint density at radius 3 is 2.81 bits per heavy atom. The second kappa shape index (κ2) is 9.85. The van der Waals surface area contributed by atoms with E-state index in [1.54, 1.807) is 12.4 Å². The van der Waals surface area contributed by atoms with Crippen LogP contribution in [0.3, 0.4) is 0 Å². The maximum atomic E-state index is 9.19. The van der Waals surface area contributed by atoms with Crippen molar-refractivity contribution in [1.82, 2.24) is 14.8 Å². The summed E-state index contributed by atoms with van der Waals surface area (Å²) in [5.41, 5.74) is 3.03. The first-order chi connectivity index (χ1) is 15.4. The maximum absolute atomic E-state index is 9.19. The van der Waals surface area contributed by atoms with E-state index in [4.69, 9.17) is 14.2 Å². The van der Waals surface area contributed by atoms with Gasteiger partial charge in [-0.2, -0.15) is 5.10 Å². The van der Waals surface area contributed by atoms with E-state index in [-0.39, 0.29) is 12.5 Å². The molecular formula is C24H31N3O4Si. The van der Waals surface area contributed by atoms with Crippen LogP contribution in [-0.4, -0.2) is 47.8 Å². The molecule has 32 heavy (non-hydrogen) atoms. The molecule has 1 aromatic carbocycles. The number of aliphatic hydroxyl groups excluding tert-OH is 1. The van der Waals surface area contributed by atoms with Gasteiger partial charge in [0.1, 0.15) is 18.2 Å². The van der Waals surface area contributed by atoms with Crippen LogP contribution < -0.4 is 9.47 Å². The monoisotopic (exact) mass is 453 g/mol. The van der Waals surface area contributed by atoms with Crippen molar-refractivity contribution in [2.45, 2.75) is 44.8 Å². The molecule has 4 rings (SSSR count). The number of ether oxygens (including phenoxy) is 3. The van der Waals surface area contributed by atoms with Crippen LogP contribution in [0.2, 0.25) is 25.7 Å². The summed E-state index contributed by atoms with van der Waals surface area (Å²) in [5.74, 6) is 2.24.